The van der Waals surface area contributed by atoms with E-state index in [0.29, 0.717) is 18.8 Å². The van der Waals surface area contributed by atoms with Crippen molar-refractivity contribution in [1.82, 2.24) is 5.32 Å². The van der Waals surface area contributed by atoms with E-state index in [4.69, 9.17) is 0 Å². The number of aliphatic carboxylic acids is 1. The topological polar surface area (TPSA) is 66.4 Å². The van der Waals surface area contributed by atoms with Crippen molar-refractivity contribution in [3.05, 3.63) is 21.9 Å². The molecule has 1 aromatic heterocycles. The first-order valence-electron chi connectivity index (χ1n) is 7.13. The lowest BCUT2D eigenvalue weighted by Gasteiger charge is -2.25. The number of hydrogen-bond acceptors (Lipinski definition) is 3. The van der Waals surface area contributed by atoms with Gasteiger partial charge in [0, 0.05) is 16.7 Å². The van der Waals surface area contributed by atoms with Gasteiger partial charge in [-0.05, 0) is 43.2 Å². The molecule has 0 saturated heterocycles. The molecule has 4 nitrogen and oxygen atoms in total. The number of rotatable bonds is 4. The molecule has 2 aliphatic carbocycles. The zero-order valence-corrected chi connectivity index (χ0v) is 12.3. The maximum atomic E-state index is 12.3. The third-order valence-corrected chi connectivity index (χ3v) is 5.75. The van der Waals surface area contributed by atoms with Gasteiger partial charge in [-0.3, -0.25) is 4.79 Å². The molecule has 2 aliphatic rings. The molecule has 5 heteroatoms. The van der Waals surface area contributed by atoms with Gasteiger partial charge in [0.15, 0.2) is 0 Å². The monoisotopic (exact) mass is 293 g/mol. The van der Waals surface area contributed by atoms with Crippen LogP contribution in [-0.4, -0.2) is 22.5 Å². The Morgan fingerprint density at radius 3 is 2.65 bits per heavy atom. The Bertz CT molecular complexity index is 545. The molecule has 0 spiro atoms. The SMILES string of the molecule is Cc1ccsc1[C@@H]1C[C@@H]1C(=O)NC1(C(=O)O)CCCC1. The molecule has 2 fully saturated rings. The van der Waals surface area contributed by atoms with Gasteiger partial charge in [0.05, 0.1) is 0 Å². The summed E-state index contributed by atoms with van der Waals surface area (Å²) in [5, 5.41) is 14.3. The number of carboxylic acids is 1. The Hall–Kier alpha value is -1.36. The van der Waals surface area contributed by atoms with E-state index in [1.807, 2.05) is 5.38 Å². The van der Waals surface area contributed by atoms with Crippen molar-refractivity contribution in [2.24, 2.45) is 5.92 Å². The Labute approximate surface area is 122 Å². The fourth-order valence-electron chi connectivity index (χ4n) is 3.24. The highest BCUT2D eigenvalue weighted by Gasteiger charge is 2.50. The quantitative estimate of drug-likeness (QED) is 0.897. The Kier molecular flexibility index (Phi) is 3.32. The zero-order chi connectivity index (χ0) is 14.3. The number of amides is 1. The van der Waals surface area contributed by atoms with Gasteiger partial charge in [0.2, 0.25) is 5.91 Å². The smallest absolute Gasteiger partial charge is 0.329 e. The molecular weight excluding hydrogens is 274 g/mol. The average Bonchev–Trinajstić information content (AvgIpc) is 2.84. The molecule has 0 bridgehead atoms. The molecule has 2 N–H and O–H groups in total. The van der Waals surface area contributed by atoms with Gasteiger partial charge >= 0.3 is 5.97 Å². The Morgan fingerprint density at radius 2 is 2.10 bits per heavy atom. The molecule has 0 aliphatic heterocycles. The fourth-order valence-corrected chi connectivity index (χ4v) is 4.35. The number of carboxylic acid groups (broad SMARTS) is 1. The van der Waals surface area contributed by atoms with Crippen LogP contribution in [-0.2, 0) is 9.59 Å². The normalized spacial score (nSPS) is 27.2. The maximum absolute atomic E-state index is 12.3. The summed E-state index contributed by atoms with van der Waals surface area (Å²) in [6.45, 7) is 2.06. The second-order valence-corrected chi connectivity index (χ2v) is 6.95. The van der Waals surface area contributed by atoms with Crippen molar-refractivity contribution in [1.29, 1.82) is 0 Å². The van der Waals surface area contributed by atoms with Crippen LogP contribution in [0.2, 0.25) is 0 Å². The highest BCUT2D eigenvalue weighted by atomic mass is 32.1. The molecule has 1 amide bonds. The van der Waals surface area contributed by atoms with Crippen molar-refractivity contribution < 1.29 is 14.7 Å². The highest BCUT2D eigenvalue weighted by molar-refractivity contribution is 7.10. The van der Waals surface area contributed by atoms with Crippen LogP contribution in [0.3, 0.4) is 0 Å². The first-order chi connectivity index (χ1) is 9.53. The lowest BCUT2D eigenvalue weighted by atomic mass is 9.97. The summed E-state index contributed by atoms with van der Waals surface area (Å²) >= 11 is 1.69. The molecule has 2 atom stereocenters. The van der Waals surface area contributed by atoms with Gasteiger partial charge in [-0.25, -0.2) is 4.79 Å². The summed E-state index contributed by atoms with van der Waals surface area (Å²) in [5.74, 6) is -0.702. The first kappa shape index (κ1) is 13.6. The summed E-state index contributed by atoms with van der Waals surface area (Å²) in [6, 6.07) is 2.07. The van der Waals surface area contributed by atoms with Crippen LogP contribution in [0.15, 0.2) is 11.4 Å². The minimum Gasteiger partial charge on any atom is -0.480 e. The minimum absolute atomic E-state index is 0.0378. The molecule has 0 unspecified atom stereocenters. The summed E-state index contributed by atoms with van der Waals surface area (Å²) in [6.07, 6.45) is 3.73. The predicted octanol–water partition coefficient (Wildman–Crippen LogP) is 2.67. The number of aryl methyl sites for hydroxylation is 1. The van der Waals surface area contributed by atoms with E-state index in [0.717, 1.165) is 19.3 Å². The molecule has 20 heavy (non-hydrogen) atoms. The Morgan fingerprint density at radius 1 is 1.40 bits per heavy atom. The predicted molar refractivity (Wildman–Crippen MR) is 76.9 cm³/mol. The zero-order valence-electron chi connectivity index (χ0n) is 11.5. The lowest BCUT2D eigenvalue weighted by Crippen LogP contribution is -2.53. The van der Waals surface area contributed by atoms with E-state index >= 15 is 0 Å². The summed E-state index contributed by atoms with van der Waals surface area (Å²) < 4.78 is 0. The lowest BCUT2D eigenvalue weighted by molar-refractivity contribution is -0.147. The third kappa shape index (κ3) is 2.24. The largest absolute Gasteiger partial charge is 0.480 e. The number of nitrogens with one attached hydrogen (secondary N) is 1. The summed E-state index contributed by atoms with van der Waals surface area (Å²) in [7, 11) is 0. The number of carbonyl (C=O) groups excluding carboxylic acids is 1. The molecule has 2 saturated carbocycles. The van der Waals surface area contributed by atoms with E-state index in [1.54, 1.807) is 11.3 Å². The van der Waals surface area contributed by atoms with Crippen LogP contribution in [0.4, 0.5) is 0 Å². The van der Waals surface area contributed by atoms with Crippen LogP contribution in [0.5, 0.6) is 0 Å². The van der Waals surface area contributed by atoms with Crippen LogP contribution < -0.4 is 5.32 Å². The second-order valence-electron chi connectivity index (χ2n) is 6.00. The van der Waals surface area contributed by atoms with Crippen molar-refractivity contribution in [3.8, 4) is 0 Å². The molecule has 0 radical (unpaired) electrons. The van der Waals surface area contributed by atoms with Gasteiger partial charge in [-0.1, -0.05) is 12.8 Å². The van der Waals surface area contributed by atoms with E-state index in [2.05, 4.69) is 18.3 Å². The van der Waals surface area contributed by atoms with Gasteiger partial charge < -0.3 is 10.4 Å². The second kappa shape index (κ2) is 4.88. The van der Waals surface area contributed by atoms with Crippen molar-refractivity contribution in [3.63, 3.8) is 0 Å². The van der Waals surface area contributed by atoms with Crippen LogP contribution in [0.1, 0.15) is 48.5 Å². The van der Waals surface area contributed by atoms with Crippen LogP contribution in [0.25, 0.3) is 0 Å². The van der Waals surface area contributed by atoms with Crippen LogP contribution in [0, 0.1) is 12.8 Å². The summed E-state index contributed by atoms with van der Waals surface area (Å²) in [4.78, 5) is 25.1. The van der Waals surface area contributed by atoms with E-state index in [-0.39, 0.29) is 11.8 Å². The highest BCUT2D eigenvalue weighted by Crippen LogP contribution is 2.50. The number of thiophene rings is 1. The molecule has 1 heterocycles. The molecule has 1 aromatic rings. The average molecular weight is 293 g/mol. The van der Waals surface area contributed by atoms with E-state index in [9.17, 15) is 14.7 Å². The first-order valence-corrected chi connectivity index (χ1v) is 8.01. The van der Waals surface area contributed by atoms with E-state index < -0.39 is 11.5 Å². The van der Waals surface area contributed by atoms with Gasteiger partial charge in [0.25, 0.3) is 0 Å². The molecule has 3 rings (SSSR count). The third-order valence-electron chi connectivity index (χ3n) is 4.59. The number of carbonyl (C=O) groups is 2. The Balaban J connectivity index is 1.67. The maximum Gasteiger partial charge on any atom is 0.329 e. The fraction of sp³-hybridized carbons (Fsp3) is 0.600. The van der Waals surface area contributed by atoms with Gasteiger partial charge in [-0.15, -0.1) is 11.3 Å². The van der Waals surface area contributed by atoms with Crippen LogP contribution >= 0.6 is 11.3 Å². The van der Waals surface area contributed by atoms with Crippen molar-refractivity contribution in [2.75, 3.05) is 0 Å². The minimum atomic E-state index is -1.01. The van der Waals surface area contributed by atoms with Gasteiger partial charge in [0.1, 0.15) is 5.54 Å². The molecular formula is C15H19NO3S. The van der Waals surface area contributed by atoms with E-state index in [1.165, 1.54) is 10.4 Å². The molecule has 0 aromatic carbocycles. The van der Waals surface area contributed by atoms with Gasteiger partial charge in [-0.2, -0.15) is 0 Å². The molecule has 108 valence electrons. The number of hydrogen-bond donors (Lipinski definition) is 2. The van der Waals surface area contributed by atoms with Crippen molar-refractivity contribution >= 4 is 23.2 Å². The standard InChI is InChI=1S/C15H19NO3S/c1-9-4-7-20-12(9)10-8-11(10)13(17)16-15(14(18)19)5-2-3-6-15/h4,7,10-11H,2-3,5-6,8H2,1H3,(H,16,17)(H,18,19)/t10-,11+/m1/s1. The summed E-state index contributed by atoms with van der Waals surface area (Å²) in [5.41, 5.74) is 0.235. The van der Waals surface area contributed by atoms with Crippen molar-refractivity contribution in [2.45, 2.75) is 50.5 Å².